The lowest BCUT2D eigenvalue weighted by Crippen LogP contribution is -2.32. The molecule has 0 spiro atoms. The van der Waals surface area contributed by atoms with Gasteiger partial charge in [-0.2, -0.15) is 0 Å². The van der Waals surface area contributed by atoms with Gasteiger partial charge in [-0.1, -0.05) is 49.0 Å². The molecule has 0 radical (unpaired) electrons. The maximum atomic E-state index is 12.4. The zero-order valence-corrected chi connectivity index (χ0v) is 13.4. The molecular weight excluding hydrogens is 300 g/mol. The SMILES string of the molecule is CCCC(CBr)CS(=O)(=O)C1CCCC(C)C1. The Morgan fingerprint density at radius 3 is 2.59 bits per heavy atom. The second-order valence-corrected chi connectivity index (χ2v) is 8.51. The van der Waals surface area contributed by atoms with Gasteiger partial charge in [-0.25, -0.2) is 8.42 Å². The van der Waals surface area contributed by atoms with Gasteiger partial charge in [-0.3, -0.25) is 0 Å². The first-order chi connectivity index (χ1) is 7.99. The highest BCUT2D eigenvalue weighted by Gasteiger charge is 2.31. The number of sulfone groups is 1. The van der Waals surface area contributed by atoms with Crippen molar-refractivity contribution in [2.75, 3.05) is 11.1 Å². The van der Waals surface area contributed by atoms with E-state index in [1.165, 1.54) is 6.42 Å². The van der Waals surface area contributed by atoms with Crippen molar-refractivity contribution in [1.29, 1.82) is 0 Å². The van der Waals surface area contributed by atoms with Crippen molar-refractivity contribution >= 4 is 25.8 Å². The summed E-state index contributed by atoms with van der Waals surface area (Å²) in [4.78, 5) is 0. The van der Waals surface area contributed by atoms with Crippen molar-refractivity contribution in [1.82, 2.24) is 0 Å². The summed E-state index contributed by atoms with van der Waals surface area (Å²) in [6.45, 7) is 4.29. The zero-order chi connectivity index (χ0) is 12.9. The second-order valence-electron chi connectivity index (χ2n) is 5.53. The molecule has 1 saturated carbocycles. The number of hydrogen-bond acceptors (Lipinski definition) is 2. The standard InChI is InChI=1S/C13H25BrO2S/c1-3-5-12(9-14)10-17(15,16)13-7-4-6-11(2)8-13/h11-13H,3-10H2,1-2H3. The minimum atomic E-state index is -2.88. The maximum Gasteiger partial charge on any atom is 0.153 e. The normalized spacial score (nSPS) is 27.9. The van der Waals surface area contributed by atoms with Crippen LogP contribution in [0, 0.1) is 11.8 Å². The lowest BCUT2D eigenvalue weighted by atomic mass is 9.91. The molecule has 0 N–H and O–H groups in total. The number of rotatable bonds is 6. The summed E-state index contributed by atoms with van der Waals surface area (Å²) in [5.41, 5.74) is 0. The molecule has 0 heterocycles. The molecule has 4 heteroatoms. The Labute approximate surface area is 115 Å². The van der Waals surface area contributed by atoms with E-state index >= 15 is 0 Å². The molecule has 0 aromatic rings. The molecule has 17 heavy (non-hydrogen) atoms. The van der Waals surface area contributed by atoms with Gasteiger partial charge in [-0.15, -0.1) is 0 Å². The van der Waals surface area contributed by atoms with Crippen LogP contribution >= 0.6 is 15.9 Å². The molecule has 1 fully saturated rings. The van der Waals surface area contributed by atoms with Gasteiger partial charge in [0.1, 0.15) is 0 Å². The largest absolute Gasteiger partial charge is 0.229 e. The molecule has 0 amide bonds. The van der Waals surface area contributed by atoms with Crippen molar-refractivity contribution in [3.63, 3.8) is 0 Å². The number of halogens is 1. The molecule has 0 bridgehead atoms. The topological polar surface area (TPSA) is 34.1 Å². The van der Waals surface area contributed by atoms with Crippen LogP contribution in [-0.2, 0) is 9.84 Å². The third-order valence-electron chi connectivity index (χ3n) is 3.78. The highest BCUT2D eigenvalue weighted by molar-refractivity contribution is 9.09. The minimum absolute atomic E-state index is 0.0651. The van der Waals surface area contributed by atoms with Crippen LogP contribution in [0.3, 0.4) is 0 Å². The third-order valence-corrected chi connectivity index (χ3v) is 7.07. The van der Waals surface area contributed by atoms with Gasteiger partial charge in [0.2, 0.25) is 0 Å². The lowest BCUT2D eigenvalue weighted by Gasteiger charge is -2.27. The van der Waals surface area contributed by atoms with Gasteiger partial charge in [0, 0.05) is 5.33 Å². The first-order valence-corrected chi connectivity index (χ1v) is 9.60. The van der Waals surface area contributed by atoms with Gasteiger partial charge in [-0.05, 0) is 31.1 Å². The van der Waals surface area contributed by atoms with E-state index < -0.39 is 9.84 Å². The molecule has 3 atom stereocenters. The molecule has 0 aromatic carbocycles. The molecule has 0 aromatic heterocycles. The summed E-state index contributed by atoms with van der Waals surface area (Å²) < 4.78 is 24.7. The van der Waals surface area contributed by atoms with Crippen molar-refractivity contribution in [2.24, 2.45) is 11.8 Å². The monoisotopic (exact) mass is 324 g/mol. The van der Waals surface area contributed by atoms with Crippen LogP contribution in [0.25, 0.3) is 0 Å². The van der Waals surface area contributed by atoms with E-state index in [9.17, 15) is 8.42 Å². The van der Waals surface area contributed by atoms with Gasteiger partial charge < -0.3 is 0 Å². The summed E-state index contributed by atoms with van der Waals surface area (Å²) >= 11 is 3.44. The molecule has 1 aliphatic rings. The lowest BCUT2D eigenvalue weighted by molar-refractivity contribution is 0.380. The molecule has 0 saturated heterocycles. The summed E-state index contributed by atoms with van der Waals surface area (Å²) in [6.07, 6.45) is 6.11. The minimum Gasteiger partial charge on any atom is -0.229 e. The molecule has 1 aliphatic carbocycles. The Kier molecular flexibility index (Phi) is 6.49. The number of hydrogen-bond donors (Lipinski definition) is 0. The molecule has 2 nitrogen and oxygen atoms in total. The Morgan fingerprint density at radius 2 is 2.06 bits per heavy atom. The fraction of sp³-hybridized carbons (Fsp3) is 1.00. The molecule has 0 aliphatic heterocycles. The summed E-state index contributed by atoms with van der Waals surface area (Å²) in [7, 11) is -2.88. The van der Waals surface area contributed by atoms with Crippen LogP contribution in [0.2, 0.25) is 0 Å². The van der Waals surface area contributed by atoms with E-state index in [4.69, 9.17) is 0 Å². The third kappa shape index (κ3) is 4.90. The van der Waals surface area contributed by atoms with Crippen molar-refractivity contribution in [2.45, 2.75) is 57.6 Å². The van der Waals surface area contributed by atoms with Gasteiger partial charge in [0.25, 0.3) is 0 Å². The van der Waals surface area contributed by atoms with Crippen LogP contribution in [0.4, 0.5) is 0 Å². The summed E-state index contributed by atoms with van der Waals surface area (Å²) in [6, 6.07) is 0. The number of alkyl halides is 1. The van der Waals surface area contributed by atoms with Gasteiger partial charge >= 0.3 is 0 Å². The Hall–Kier alpha value is 0.430. The van der Waals surface area contributed by atoms with E-state index in [1.54, 1.807) is 0 Å². The van der Waals surface area contributed by atoms with Crippen LogP contribution < -0.4 is 0 Å². The average Bonchev–Trinajstić information content (AvgIpc) is 2.28. The van der Waals surface area contributed by atoms with Crippen molar-refractivity contribution in [3.05, 3.63) is 0 Å². The van der Waals surface area contributed by atoms with Gasteiger partial charge in [0.15, 0.2) is 9.84 Å². The fourth-order valence-corrected chi connectivity index (χ4v) is 6.00. The predicted octanol–water partition coefficient (Wildman–Crippen LogP) is 3.79. The highest BCUT2D eigenvalue weighted by Crippen LogP contribution is 2.30. The summed E-state index contributed by atoms with van der Waals surface area (Å²) in [5, 5.41) is 0.743. The van der Waals surface area contributed by atoms with Crippen molar-refractivity contribution in [3.8, 4) is 0 Å². The maximum absolute atomic E-state index is 12.4. The average molecular weight is 325 g/mol. The molecular formula is C13H25BrO2S. The van der Waals surface area contributed by atoms with Gasteiger partial charge in [0.05, 0.1) is 11.0 Å². The summed E-state index contributed by atoms with van der Waals surface area (Å²) in [5.74, 6) is 1.25. The predicted molar refractivity (Wildman–Crippen MR) is 77.4 cm³/mol. The Balaban J connectivity index is 2.60. The first-order valence-electron chi connectivity index (χ1n) is 6.77. The van der Waals surface area contributed by atoms with Crippen molar-refractivity contribution < 1.29 is 8.42 Å². The Morgan fingerprint density at radius 1 is 1.35 bits per heavy atom. The smallest absolute Gasteiger partial charge is 0.153 e. The molecule has 102 valence electrons. The van der Waals surface area contributed by atoms with Crippen LogP contribution in [0.15, 0.2) is 0 Å². The van der Waals surface area contributed by atoms with Crippen LogP contribution in [0.5, 0.6) is 0 Å². The van der Waals surface area contributed by atoms with E-state index in [0.29, 0.717) is 17.6 Å². The molecule has 1 rings (SSSR count). The quantitative estimate of drug-likeness (QED) is 0.696. The van der Waals surface area contributed by atoms with E-state index in [1.807, 2.05) is 0 Å². The second kappa shape index (κ2) is 7.13. The zero-order valence-electron chi connectivity index (χ0n) is 11.0. The van der Waals surface area contributed by atoms with E-state index in [-0.39, 0.29) is 5.25 Å². The van der Waals surface area contributed by atoms with Crippen LogP contribution in [0.1, 0.15) is 52.4 Å². The highest BCUT2D eigenvalue weighted by atomic mass is 79.9. The fourth-order valence-electron chi connectivity index (χ4n) is 2.78. The molecule has 3 unspecified atom stereocenters. The van der Waals surface area contributed by atoms with E-state index in [2.05, 4.69) is 29.8 Å². The van der Waals surface area contributed by atoms with Crippen LogP contribution in [-0.4, -0.2) is 24.8 Å². The van der Waals surface area contributed by atoms with E-state index in [0.717, 1.165) is 37.4 Å². The first kappa shape index (κ1) is 15.5. The Bertz CT molecular complexity index is 313.